The summed E-state index contributed by atoms with van der Waals surface area (Å²) >= 11 is 0. The minimum atomic E-state index is -3.69. The fourth-order valence-corrected chi connectivity index (χ4v) is 2.56. The molecule has 102 valence electrons. The Bertz CT molecular complexity index is 655. The summed E-state index contributed by atoms with van der Waals surface area (Å²) in [5, 5.41) is 3.95. The molecule has 0 aliphatic rings. The Balaban J connectivity index is 2.03. The van der Waals surface area contributed by atoms with E-state index in [0.717, 1.165) is 12.1 Å². The first-order valence-electron chi connectivity index (χ1n) is 5.51. The largest absolute Gasteiger partial charge is 0.396 e. The highest BCUT2D eigenvalue weighted by Gasteiger charge is 2.14. The highest BCUT2D eigenvalue weighted by Crippen LogP contribution is 2.16. The first kappa shape index (κ1) is 13.5. The molecule has 1 aromatic carbocycles. The van der Waals surface area contributed by atoms with Crippen molar-refractivity contribution in [1.29, 1.82) is 0 Å². The number of rotatable bonds is 5. The van der Waals surface area contributed by atoms with E-state index in [1.807, 2.05) is 0 Å². The highest BCUT2D eigenvalue weighted by molar-refractivity contribution is 7.89. The molecule has 0 aliphatic carbocycles. The molecule has 0 atom stereocenters. The van der Waals surface area contributed by atoms with Crippen LogP contribution in [0.5, 0.6) is 0 Å². The van der Waals surface area contributed by atoms with E-state index in [9.17, 15) is 12.8 Å². The van der Waals surface area contributed by atoms with E-state index in [4.69, 9.17) is 5.73 Å². The van der Waals surface area contributed by atoms with Crippen LogP contribution in [0, 0.1) is 5.82 Å². The van der Waals surface area contributed by atoms with Gasteiger partial charge < -0.3 is 5.73 Å². The zero-order valence-corrected chi connectivity index (χ0v) is 10.8. The van der Waals surface area contributed by atoms with E-state index in [-0.39, 0.29) is 17.1 Å². The van der Waals surface area contributed by atoms with Crippen LogP contribution in [0.15, 0.2) is 41.6 Å². The van der Waals surface area contributed by atoms with Crippen LogP contribution in [0.1, 0.15) is 0 Å². The third kappa shape index (κ3) is 3.30. The summed E-state index contributed by atoms with van der Waals surface area (Å²) < 4.78 is 40.8. The van der Waals surface area contributed by atoms with Crippen molar-refractivity contribution in [2.24, 2.45) is 0 Å². The van der Waals surface area contributed by atoms with Crippen LogP contribution in [-0.2, 0) is 16.6 Å². The van der Waals surface area contributed by atoms with Gasteiger partial charge in [-0.05, 0) is 24.3 Å². The summed E-state index contributed by atoms with van der Waals surface area (Å²) in [7, 11) is -3.69. The van der Waals surface area contributed by atoms with Gasteiger partial charge in [-0.15, -0.1) is 0 Å². The molecule has 6 nitrogen and oxygen atoms in total. The van der Waals surface area contributed by atoms with Crippen LogP contribution in [0.2, 0.25) is 0 Å². The van der Waals surface area contributed by atoms with Crippen LogP contribution in [0.3, 0.4) is 0 Å². The number of anilines is 1. The summed E-state index contributed by atoms with van der Waals surface area (Å²) in [5.74, 6) is -0.643. The summed E-state index contributed by atoms with van der Waals surface area (Å²) in [6.45, 7) is 0.588. The summed E-state index contributed by atoms with van der Waals surface area (Å²) in [6.07, 6.45) is 3.33. The maximum atomic E-state index is 13.0. The van der Waals surface area contributed by atoms with E-state index in [0.29, 0.717) is 6.54 Å². The van der Waals surface area contributed by atoms with Gasteiger partial charge in [0.05, 0.1) is 17.1 Å². The Morgan fingerprint density at radius 2 is 2.21 bits per heavy atom. The van der Waals surface area contributed by atoms with Gasteiger partial charge in [0.25, 0.3) is 0 Å². The van der Waals surface area contributed by atoms with Crippen molar-refractivity contribution in [1.82, 2.24) is 14.5 Å². The molecule has 0 spiro atoms. The highest BCUT2D eigenvalue weighted by atomic mass is 32.2. The Morgan fingerprint density at radius 1 is 1.42 bits per heavy atom. The third-order valence-electron chi connectivity index (χ3n) is 2.47. The maximum absolute atomic E-state index is 13.0. The minimum Gasteiger partial charge on any atom is -0.396 e. The van der Waals surface area contributed by atoms with Gasteiger partial charge in [-0.25, -0.2) is 17.5 Å². The van der Waals surface area contributed by atoms with Gasteiger partial charge in [0.15, 0.2) is 0 Å². The molecule has 1 heterocycles. The van der Waals surface area contributed by atoms with Crippen molar-refractivity contribution < 1.29 is 12.8 Å². The average Bonchev–Trinajstić information content (AvgIpc) is 2.85. The monoisotopic (exact) mass is 284 g/mol. The molecule has 0 fully saturated rings. The number of aromatic nitrogens is 2. The second kappa shape index (κ2) is 5.37. The zero-order chi connectivity index (χ0) is 13.9. The SMILES string of the molecule is Nc1cc(S(=O)(=O)NCCn2cccn2)ccc1F. The number of hydrogen-bond donors (Lipinski definition) is 2. The predicted molar refractivity (Wildman–Crippen MR) is 68.2 cm³/mol. The molecule has 0 saturated carbocycles. The number of benzene rings is 1. The Morgan fingerprint density at radius 3 is 2.84 bits per heavy atom. The second-order valence-electron chi connectivity index (χ2n) is 3.85. The van der Waals surface area contributed by atoms with Gasteiger partial charge in [-0.2, -0.15) is 5.10 Å². The van der Waals surface area contributed by atoms with Gasteiger partial charge in [-0.3, -0.25) is 4.68 Å². The molecule has 0 aliphatic heterocycles. The first-order valence-corrected chi connectivity index (χ1v) is 6.99. The standard InChI is InChI=1S/C11H13FN4O2S/c12-10-3-2-9(8-11(10)13)19(17,18)15-5-7-16-6-1-4-14-16/h1-4,6,8,15H,5,7,13H2. The lowest BCUT2D eigenvalue weighted by Gasteiger charge is -2.07. The maximum Gasteiger partial charge on any atom is 0.240 e. The molecule has 0 amide bonds. The van der Waals surface area contributed by atoms with Crippen molar-refractivity contribution in [2.45, 2.75) is 11.4 Å². The first-order chi connectivity index (χ1) is 8.99. The van der Waals surface area contributed by atoms with Crippen LogP contribution in [0.4, 0.5) is 10.1 Å². The normalized spacial score (nSPS) is 11.6. The molecule has 0 radical (unpaired) electrons. The van der Waals surface area contributed by atoms with Crippen LogP contribution >= 0.6 is 0 Å². The number of sulfonamides is 1. The Labute approximate surface area is 110 Å². The van der Waals surface area contributed by atoms with Gasteiger partial charge in [0, 0.05) is 18.9 Å². The number of hydrogen-bond acceptors (Lipinski definition) is 4. The van der Waals surface area contributed by atoms with E-state index >= 15 is 0 Å². The number of halogens is 1. The number of nitrogens with one attached hydrogen (secondary N) is 1. The fourth-order valence-electron chi connectivity index (χ4n) is 1.50. The average molecular weight is 284 g/mol. The lowest BCUT2D eigenvalue weighted by molar-refractivity contribution is 0.560. The molecule has 0 unspecified atom stereocenters. The van der Waals surface area contributed by atoms with Crippen molar-refractivity contribution in [2.75, 3.05) is 12.3 Å². The van der Waals surface area contributed by atoms with E-state index in [1.54, 1.807) is 23.1 Å². The summed E-state index contributed by atoms with van der Waals surface area (Å²) in [4.78, 5) is -0.0631. The number of nitrogen functional groups attached to an aromatic ring is 1. The number of nitrogens with two attached hydrogens (primary N) is 1. The van der Waals surface area contributed by atoms with Crippen LogP contribution < -0.4 is 10.5 Å². The molecule has 8 heteroatoms. The Hall–Kier alpha value is -1.93. The van der Waals surface area contributed by atoms with Gasteiger partial charge in [-0.1, -0.05) is 0 Å². The third-order valence-corrected chi connectivity index (χ3v) is 3.93. The van der Waals surface area contributed by atoms with E-state index in [2.05, 4.69) is 9.82 Å². The molecular weight excluding hydrogens is 271 g/mol. The quantitative estimate of drug-likeness (QED) is 0.786. The minimum absolute atomic E-state index is 0.0631. The molecule has 19 heavy (non-hydrogen) atoms. The van der Waals surface area contributed by atoms with Gasteiger partial charge in [0.2, 0.25) is 10.0 Å². The van der Waals surface area contributed by atoms with Gasteiger partial charge >= 0.3 is 0 Å². The van der Waals surface area contributed by atoms with Gasteiger partial charge in [0.1, 0.15) is 5.82 Å². The van der Waals surface area contributed by atoms with Crippen molar-refractivity contribution in [3.63, 3.8) is 0 Å². The molecule has 0 saturated heterocycles. The smallest absolute Gasteiger partial charge is 0.240 e. The van der Waals surface area contributed by atoms with Crippen molar-refractivity contribution in [3.8, 4) is 0 Å². The lowest BCUT2D eigenvalue weighted by atomic mass is 10.3. The topological polar surface area (TPSA) is 90.0 Å². The Kier molecular flexibility index (Phi) is 3.82. The predicted octanol–water partition coefficient (Wildman–Crippen LogP) is 0.583. The molecule has 2 aromatic rings. The molecule has 1 aromatic heterocycles. The molecule has 3 N–H and O–H groups in total. The van der Waals surface area contributed by atoms with Crippen LogP contribution in [0.25, 0.3) is 0 Å². The van der Waals surface area contributed by atoms with Crippen molar-refractivity contribution in [3.05, 3.63) is 42.5 Å². The van der Waals surface area contributed by atoms with E-state index < -0.39 is 15.8 Å². The zero-order valence-electron chi connectivity index (χ0n) is 9.95. The lowest BCUT2D eigenvalue weighted by Crippen LogP contribution is -2.27. The summed E-state index contributed by atoms with van der Waals surface area (Å²) in [5.41, 5.74) is 5.14. The van der Waals surface area contributed by atoms with E-state index in [1.165, 1.54) is 6.07 Å². The fraction of sp³-hybridized carbons (Fsp3) is 0.182. The molecular formula is C11H13FN4O2S. The van der Waals surface area contributed by atoms with Crippen LogP contribution in [-0.4, -0.2) is 24.7 Å². The second-order valence-corrected chi connectivity index (χ2v) is 5.62. The van der Waals surface area contributed by atoms with Crippen molar-refractivity contribution >= 4 is 15.7 Å². The molecule has 2 rings (SSSR count). The summed E-state index contributed by atoms with van der Waals surface area (Å²) in [6, 6.07) is 5.03. The number of nitrogens with zero attached hydrogens (tertiary/aromatic N) is 2. The molecule has 0 bridgehead atoms.